The van der Waals surface area contributed by atoms with Crippen LogP contribution in [0.5, 0.6) is 0 Å². The van der Waals surface area contributed by atoms with Gasteiger partial charge in [0.1, 0.15) is 0 Å². The molecule has 0 radical (unpaired) electrons. The third-order valence-corrected chi connectivity index (χ3v) is 4.15. The third-order valence-electron chi connectivity index (χ3n) is 4.15. The lowest BCUT2D eigenvalue weighted by Gasteiger charge is -2.33. The van der Waals surface area contributed by atoms with Gasteiger partial charge in [-0.05, 0) is 13.0 Å². The third kappa shape index (κ3) is 2.78. The predicted octanol–water partition coefficient (Wildman–Crippen LogP) is 0.282. The van der Waals surface area contributed by atoms with Crippen molar-refractivity contribution < 1.29 is 4.79 Å². The topological polar surface area (TPSA) is 38.8 Å². The Hall–Kier alpha value is -0.810. The van der Waals surface area contributed by atoms with E-state index in [-0.39, 0.29) is 6.03 Å². The maximum Gasteiger partial charge on any atom is 0.320 e. The zero-order chi connectivity index (χ0) is 13.3. The molecule has 2 rings (SSSR count). The summed E-state index contributed by atoms with van der Waals surface area (Å²) in [5, 5.41) is 3.50. The van der Waals surface area contributed by atoms with Crippen LogP contribution in [0.15, 0.2) is 0 Å². The van der Waals surface area contributed by atoms with Gasteiger partial charge in [-0.2, -0.15) is 0 Å². The van der Waals surface area contributed by atoms with Crippen LogP contribution in [0.2, 0.25) is 0 Å². The van der Waals surface area contributed by atoms with Crippen molar-refractivity contribution in [1.29, 1.82) is 0 Å². The first kappa shape index (κ1) is 13.6. The number of rotatable bonds is 3. The summed E-state index contributed by atoms with van der Waals surface area (Å²) in [5.74, 6) is 0.519. The predicted molar refractivity (Wildman–Crippen MR) is 72.6 cm³/mol. The first-order valence-corrected chi connectivity index (χ1v) is 6.92. The molecule has 5 nitrogen and oxygen atoms in total. The van der Waals surface area contributed by atoms with Gasteiger partial charge in [0.25, 0.3) is 0 Å². The molecule has 2 fully saturated rings. The number of amides is 2. The van der Waals surface area contributed by atoms with Gasteiger partial charge in [0.05, 0.1) is 6.04 Å². The number of hydrogen-bond acceptors (Lipinski definition) is 3. The van der Waals surface area contributed by atoms with Gasteiger partial charge in [-0.3, -0.25) is 0 Å². The number of nitrogens with zero attached hydrogens (tertiary/aromatic N) is 3. The van der Waals surface area contributed by atoms with Crippen LogP contribution >= 0.6 is 0 Å². The van der Waals surface area contributed by atoms with E-state index in [4.69, 9.17) is 0 Å². The van der Waals surface area contributed by atoms with Crippen molar-refractivity contribution >= 4 is 6.03 Å². The molecule has 2 aliphatic rings. The second-order valence-corrected chi connectivity index (χ2v) is 6.02. The van der Waals surface area contributed by atoms with Crippen LogP contribution in [0.4, 0.5) is 4.79 Å². The molecule has 18 heavy (non-hydrogen) atoms. The van der Waals surface area contributed by atoms with E-state index in [2.05, 4.69) is 31.1 Å². The van der Waals surface area contributed by atoms with Gasteiger partial charge >= 0.3 is 6.03 Å². The van der Waals surface area contributed by atoms with E-state index in [1.807, 2.05) is 16.8 Å². The molecular weight excluding hydrogens is 228 g/mol. The average molecular weight is 254 g/mol. The molecule has 2 heterocycles. The van der Waals surface area contributed by atoms with E-state index >= 15 is 0 Å². The van der Waals surface area contributed by atoms with Crippen LogP contribution < -0.4 is 5.32 Å². The lowest BCUT2D eigenvalue weighted by Crippen LogP contribution is -2.54. The van der Waals surface area contributed by atoms with Gasteiger partial charge in [0, 0.05) is 45.8 Å². The van der Waals surface area contributed by atoms with Crippen LogP contribution in [-0.2, 0) is 0 Å². The molecule has 2 atom stereocenters. The highest BCUT2D eigenvalue weighted by atomic mass is 16.2. The van der Waals surface area contributed by atoms with E-state index in [1.165, 1.54) is 0 Å². The lowest BCUT2D eigenvalue weighted by atomic mass is 10.0. The number of piperazine rings is 1. The van der Waals surface area contributed by atoms with Gasteiger partial charge in [0.2, 0.25) is 0 Å². The number of carbonyl (C=O) groups is 1. The first-order valence-electron chi connectivity index (χ1n) is 6.92. The van der Waals surface area contributed by atoms with Gasteiger partial charge in [0.15, 0.2) is 0 Å². The van der Waals surface area contributed by atoms with Gasteiger partial charge in [-0.25, -0.2) is 4.79 Å². The number of likely N-dealkylation sites (N-methyl/N-ethyl adjacent to an activating group) is 2. The Morgan fingerprint density at radius 2 is 2.06 bits per heavy atom. The minimum atomic E-state index is 0.184. The largest absolute Gasteiger partial charge is 0.323 e. The fourth-order valence-electron chi connectivity index (χ4n) is 2.98. The zero-order valence-corrected chi connectivity index (χ0v) is 12.0. The van der Waals surface area contributed by atoms with Crippen LogP contribution in [0.25, 0.3) is 0 Å². The Labute approximate surface area is 110 Å². The average Bonchev–Trinajstić information content (AvgIpc) is 2.58. The molecule has 0 aromatic rings. The summed E-state index contributed by atoms with van der Waals surface area (Å²) in [6, 6.07) is 0.953. The first-order chi connectivity index (χ1) is 8.49. The molecule has 1 N–H and O–H groups in total. The van der Waals surface area contributed by atoms with Crippen molar-refractivity contribution in [2.24, 2.45) is 5.92 Å². The summed E-state index contributed by atoms with van der Waals surface area (Å²) in [6.07, 6.45) is 0. The highest BCUT2D eigenvalue weighted by molar-refractivity contribution is 5.77. The Balaban J connectivity index is 1.92. The summed E-state index contributed by atoms with van der Waals surface area (Å²) < 4.78 is 0. The molecule has 2 unspecified atom stereocenters. The van der Waals surface area contributed by atoms with E-state index in [9.17, 15) is 4.79 Å². The van der Waals surface area contributed by atoms with Crippen LogP contribution in [0.1, 0.15) is 13.8 Å². The second kappa shape index (κ2) is 5.45. The molecule has 0 spiro atoms. The molecule has 2 aliphatic heterocycles. The van der Waals surface area contributed by atoms with Crippen molar-refractivity contribution in [3.8, 4) is 0 Å². The highest BCUT2D eigenvalue weighted by Gasteiger charge is 2.37. The number of nitrogens with one attached hydrogen (secondary N) is 1. The maximum absolute atomic E-state index is 12.2. The van der Waals surface area contributed by atoms with Gasteiger partial charge in [-0.1, -0.05) is 13.8 Å². The Kier molecular flexibility index (Phi) is 4.12. The second-order valence-electron chi connectivity index (χ2n) is 6.02. The summed E-state index contributed by atoms with van der Waals surface area (Å²) in [7, 11) is 4.07. The molecule has 0 bridgehead atoms. The SMILES string of the molecule is CC(C)C1CN(CC2CN(C)CCN2)C(=O)N1C. The lowest BCUT2D eigenvalue weighted by molar-refractivity contribution is 0.175. The smallest absolute Gasteiger partial charge is 0.320 e. The summed E-state index contributed by atoms with van der Waals surface area (Å²) in [5.41, 5.74) is 0. The molecule has 0 aliphatic carbocycles. The molecule has 2 amide bonds. The van der Waals surface area contributed by atoms with Crippen molar-refractivity contribution in [2.45, 2.75) is 25.9 Å². The van der Waals surface area contributed by atoms with E-state index in [0.29, 0.717) is 18.0 Å². The number of hydrogen-bond donors (Lipinski definition) is 1. The maximum atomic E-state index is 12.2. The van der Waals surface area contributed by atoms with Crippen molar-refractivity contribution in [3.63, 3.8) is 0 Å². The van der Waals surface area contributed by atoms with E-state index in [1.54, 1.807) is 0 Å². The van der Waals surface area contributed by atoms with Gasteiger partial charge < -0.3 is 20.0 Å². The van der Waals surface area contributed by atoms with Crippen LogP contribution in [0.3, 0.4) is 0 Å². The fraction of sp³-hybridized carbons (Fsp3) is 0.923. The highest BCUT2D eigenvalue weighted by Crippen LogP contribution is 2.20. The molecule has 0 saturated carbocycles. The Morgan fingerprint density at radius 1 is 1.33 bits per heavy atom. The van der Waals surface area contributed by atoms with E-state index < -0.39 is 0 Å². The minimum Gasteiger partial charge on any atom is -0.323 e. The summed E-state index contributed by atoms with van der Waals surface area (Å²) >= 11 is 0. The standard InChI is InChI=1S/C13H26N4O/c1-10(2)12-9-17(13(18)16(12)4)8-11-7-15(3)6-5-14-11/h10-12,14H,5-9H2,1-4H3. The van der Waals surface area contributed by atoms with Crippen molar-refractivity contribution in [1.82, 2.24) is 20.0 Å². The van der Waals surface area contributed by atoms with Crippen LogP contribution in [0, 0.1) is 5.92 Å². The molecule has 5 heteroatoms. The van der Waals surface area contributed by atoms with Crippen LogP contribution in [-0.4, -0.2) is 79.6 Å². The minimum absolute atomic E-state index is 0.184. The molecule has 0 aromatic heterocycles. The number of carbonyl (C=O) groups excluding carboxylic acids is 1. The molecule has 104 valence electrons. The van der Waals surface area contributed by atoms with E-state index in [0.717, 1.165) is 32.7 Å². The monoisotopic (exact) mass is 254 g/mol. The Morgan fingerprint density at radius 3 is 2.61 bits per heavy atom. The zero-order valence-electron chi connectivity index (χ0n) is 12.0. The summed E-state index contributed by atoms with van der Waals surface area (Å²) in [6.45, 7) is 9.21. The quantitative estimate of drug-likeness (QED) is 0.786. The Bertz CT molecular complexity index is 307. The molecular formula is C13H26N4O. The number of urea groups is 1. The molecule has 2 saturated heterocycles. The van der Waals surface area contributed by atoms with Crippen molar-refractivity contribution in [2.75, 3.05) is 46.8 Å². The fourth-order valence-corrected chi connectivity index (χ4v) is 2.98. The normalized spacial score (nSPS) is 30.6. The van der Waals surface area contributed by atoms with Gasteiger partial charge in [-0.15, -0.1) is 0 Å². The summed E-state index contributed by atoms with van der Waals surface area (Å²) in [4.78, 5) is 18.4. The van der Waals surface area contributed by atoms with Crippen molar-refractivity contribution in [3.05, 3.63) is 0 Å². The molecule has 0 aromatic carbocycles.